The number of nitrogens with one attached hydrogen (secondary N) is 3. The number of fused-ring (bicyclic) bond motifs is 1. The molecule has 0 unspecified atom stereocenters. The van der Waals surface area contributed by atoms with E-state index in [1.165, 1.54) is 11.3 Å². The van der Waals surface area contributed by atoms with Gasteiger partial charge in [-0.1, -0.05) is 50.3 Å². The van der Waals surface area contributed by atoms with Crippen LogP contribution < -0.4 is 10.6 Å². The van der Waals surface area contributed by atoms with E-state index in [1.807, 2.05) is 54.8 Å². The molecule has 0 saturated carbocycles. The Hall–Kier alpha value is -3.26. The van der Waals surface area contributed by atoms with E-state index in [0.29, 0.717) is 0 Å². The number of carbonyl (C=O) groups is 1. The molecule has 7 heteroatoms. The highest BCUT2D eigenvalue weighted by Crippen LogP contribution is 2.25. The van der Waals surface area contributed by atoms with Gasteiger partial charge in [0.05, 0.1) is 16.1 Å². The Labute approximate surface area is 211 Å². The van der Waals surface area contributed by atoms with Gasteiger partial charge in [-0.15, -0.1) is 11.3 Å². The molecule has 2 aromatic heterocycles. The maximum Gasteiger partial charge on any atom is 0.266 e. The molecule has 0 aliphatic heterocycles. The highest BCUT2D eigenvalue weighted by molar-refractivity contribution is 7.12. The number of hydrogen-bond acceptors (Lipinski definition) is 5. The molecule has 3 N–H and O–H groups in total. The predicted molar refractivity (Wildman–Crippen MR) is 148 cm³/mol. The number of nitrogens with zero attached hydrogens (tertiary/aromatic N) is 2. The van der Waals surface area contributed by atoms with Crippen molar-refractivity contribution in [2.45, 2.75) is 27.3 Å². The number of aryl methyl sites for hydroxylation is 1. The van der Waals surface area contributed by atoms with Crippen molar-refractivity contribution in [3.63, 3.8) is 0 Å². The van der Waals surface area contributed by atoms with Crippen LogP contribution in [0.1, 0.15) is 45.9 Å². The van der Waals surface area contributed by atoms with Crippen molar-refractivity contribution in [2.75, 3.05) is 31.5 Å². The lowest BCUT2D eigenvalue weighted by atomic mass is 10.1. The molecule has 0 saturated heterocycles. The Morgan fingerprint density at radius 2 is 1.94 bits per heavy atom. The van der Waals surface area contributed by atoms with Crippen LogP contribution in [-0.2, 0) is 6.54 Å². The molecule has 1 amide bonds. The van der Waals surface area contributed by atoms with Crippen LogP contribution in [0, 0.1) is 6.92 Å². The number of anilines is 1. The summed E-state index contributed by atoms with van der Waals surface area (Å²) in [4.78, 5) is 16.1. The SMILES string of the molecule is CCN(CC)CCNCc1ccc(C=Cc2n[nH]c3ccccc23)c(NC(=O)c2sccc2C)c1. The van der Waals surface area contributed by atoms with Crippen LogP contribution in [-0.4, -0.2) is 47.2 Å². The molecular formula is C28H33N5OS. The molecule has 6 nitrogen and oxygen atoms in total. The van der Waals surface area contributed by atoms with E-state index in [0.717, 1.165) is 76.6 Å². The fraction of sp³-hybridized carbons (Fsp3) is 0.286. The van der Waals surface area contributed by atoms with E-state index in [4.69, 9.17) is 0 Å². The maximum atomic E-state index is 13.0. The summed E-state index contributed by atoms with van der Waals surface area (Å²) in [6.45, 7) is 11.1. The minimum Gasteiger partial charge on any atom is -0.321 e. The van der Waals surface area contributed by atoms with Gasteiger partial charge in [-0.2, -0.15) is 5.10 Å². The number of H-pyrrole nitrogens is 1. The average molecular weight is 488 g/mol. The van der Waals surface area contributed by atoms with Crippen molar-refractivity contribution in [1.82, 2.24) is 20.4 Å². The fourth-order valence-electron chi connectivity index (χ4n) is 4.04. The lowest BCUT2D eigenvalue weighted by Gasteiger charge is -2.18. The number of rotatable bonds is 11. The van der Waals surface area contributed by atoms with Crippen LogP contribution in [0.15, 0.2) is 53.9 Å². The average Bonchev–Trinajstić information content (AvgIpc) is 3.49. The lowest BCUT2D eigenvalue weighted by molar-refractivity contribution is 0.103. The van der Waals surface area contributed by atoms with Crippen LogP contribution >= 0.6 is 11.3 Å². The number of para-hydroxylation sites is 1. The molecule has 4 rings (SSSR count). The summed E-state index contributed by atoms with van der Waals surface area (Å²) in [5.41, 5.74) is 5.72. The number of hydrogen-bond donors (Lipinski definition) is 3. The van der Waals surface area contributed by atoms with Gasteiger partial charge in [0.15, 0.2) is 0 Å². The second-order valence-corrected chi connectivity index (χ2v) is 9.42. The molecule has 0 fully saturated rings. The number of carbonyl (C=O) groups excluding carboxylic acids is 1. The number of aromatic amines is 1. The molecule has 4 aromatic rings. The Morgan fingerprint density at radius 3 is 2.71 bits per heavy atom. The minimum atomic E-state index is -0.0796. The van der Waals surface area contributed by atoms with E-state index >= 15 is 0 Å². The van der Waals surface area contributed by atoms with Gasteiger partial charge < -0.3 is 15.5 Å². The van der Waals surface area contributed by atoms with Crippen LogP contribution in [0.25, 0.3) is 23.1 Å². The predicted octanol–water partition coefficient (Wildman–Crippen LogP) is 5.79. The van der Waals surface area contributed by atoms with Crippen molar-refractivity contribution in [3.8, 4) is 0 Å². The molecule has 0 bridgehead atoms. The smallest absolute Gasteiger partial charge is 0.266 e. The fourth-order valence-corrected chi connectivity index (χ4v) is 4.86. The topological polar surface area (TPSA) is 73.1 Å². The van der Waals surface area contributed by atoms with Crippen LogP contribution in [0.2, 0.25) is 0 Å². The summed E-state index contributed by atoms with van der Waals surface area (Å²) in [6.07, 6.45) is 4.00. The van der Waals surface area contributed by atoms with Gasteiger partial charge in [-0.05, 0) is 66.4 Å². The van der Waals surface area contributed by atoms with Gasteiger partial charge >= 0.3 is 0 Å². The monoisotopic (exact) mass is 487 g/mol. The highest BCUT2D eigenvalue weighted by atomic mass is 32.1. The van der Waals surface area contributed by atoms with Gasteiger partial charge in [0.25, 0.3) is 5.91 Å². The first-order valence-corrected chi connectivity index (χ1v) is 13.0. The summed E-state index contributed by atoms with van der Waals surface area (Å²) >= 11 is 1.46. The summed E-state index contributed by atoms with van der Waals surface area (Å²) in [5.74, 6) is -0.0796. The molecule has 0 aliphatic rings. The minimum absolute atomic E-state index is 0.0796. The van der Waals surface area contributed by atoms with Crippen molar-refractivity contribution >= 4 is 46.0 Å². The van der Waals surface area contributed by atoms with Gasteiger partial charge in [-0.25, -0.2) is 0 Å². The second-order valence-electron chi connectivity index (χ2n) is 8.50. The zero-order valence-corrected chi connectivity index (χ0v) is 21.4. The first kappa shape index (κ1) is 24.9. The zero-order chi connectivity index (χ0) is 24.6. The summed E-state index contributed by atoms with van der Waals surface area (Å²) in [5, 5.41) is 17.2. The Kier molecular flexibility index (Phi) is 8.47. The standard InChI is InChI=1S/C28H33N5OS/c1-4-33(5-2)16-15-29-19-21-10-11-22(12-13-25-23-8-6-7-9-24(23)31-32-25)26(18-21)30-28(34)27-20(3)14-17-35-27/h6-14,17-18,29H,4-5,15-16,19H2,1-3H3,(H,30,34)(H,31,32). The van der Waals surface area contributed by atoms with E-state index in [9.17, 15) is 4.79 Å². The summed E-state index contributed by atoms with van der Waals surface area (Å²) in [6, 6.07) is 16.3. The molecule has 2 heterocycles. The van der Waals surface area contributed by atoms with Crippen molar-refractivity contribution in [3.05, 3.63) is 81.2 Å². The lowest BCUT2D eigenvalue weighted by Crippen LogP contribution is -2.31. The first-order valence-electron chi connectivity index (χ1n) is 12.1. The van der Waals surface area contributed by atoms with E-state index < -0.39 is 0 Å². The number of thiophene rings is 1. The molecule has 182 valence electrons. The number of amides is 1. The van der Waals surface area contributed by atoms with Crippen LogP contribution in [0.3, 0.4) is 0 Å². The Morgan fingerprint density at radius 1 is 1.11 bits per heavy atom. The third kappa shape index (κ3) is 6.25. The molecule has 0 spiro atoms. The van der Waals surface area contributed by atoms with E-state index in [2.05, 4.69) is 57.8 Å². The van der Waals surface area contributed by atoms with Crippen LogP contribution in [0.4, 0.5) is 5.69 Å². The number of aromatic nitrogens is 2. The van der Waals surface area contributed by atoms with Gasteiger partial charge in [0.2, 0.25) is 0 Å². The largest absolute Gasteiger partial charge is 0.321 e. The molecule has 0 radical (unpaired) electrons. The normalized spacial score (nSPS) is 11.7. The maximum absolute atomic E-state index is 13.0. The quantitative estimate of drug-likeness (QED) is 0.234. The van der Waals surface area contributed by atoms with Crippen molar-refractivity contribution in [2.24, 2.45) is 0 Å². The van der Waals surface area contributed by atoms with Crippen LogP contribution in [0.5, 0.6) is 0 Å². The summed E-state index contributed by atoms with van der Waals surface area (Å²) in [7, 11) is 0. The van der Waals surface area contributed by atoms with Gasteiger partial charge in [0, 0.05) is 30.7 Å². The number of likely N-dealkylation sites (N-methyl/N-ethyl adjacent to an activating group) is 1. The molecule has 0 aliphatic carbocycles. The molecular weight excluding hydrogens is 454 g/mol. The number of benzene rings is 2. The van der Waals surface area contributed by atoms with Crippen molar-refractivity contribution < 1.29 is 4.79 Å². The molecule has 35 heavy (non-hydrogen) atoms. The molecule has 0 atom stereocenters. The van der Waals surface area contributed by atoms with E-state index in [1.54, 1.807) is 0 Å². The van der Waals surface area contributed by atoms with Crippen molar-refractivity contribution in [1.29, 1.82) is 0 Å². The van der Waals surface area contributed by atoms with E-state index in [-0.39, 0.29) is 5.91 Å². The van der Waals surface area contributed by atoms with Gasteiger partial charge in [0.1, 0.15) is 0 Å². The first-order chi connectivity index (χ1) is 17.1. The Balaban J connectivity index is 1.54. The third-order valence-corrected chi connectivity index (χ3v) is 7.20. The molecule has 2 aromatic carbocycles. The third-order valence-electron chi connectivity index (χ3n) is 6.18. The Bertz CT molecular complexity index is 1300. The highest BCUT2D eigenvalue weighted by Gasteiger charge is 2.13. The summed E-state index contributed by atoms with van der Waals surface area (Å²) < 4.78 is 0. The zero-order valence-electron chi connectivity index (χ0n) is 20.6. The second kappa shape index (κ2) is 11.9. The van der Waals surface area contributed by atoms with Gasteiger partial charge in [-0.3, -0.25) is 9.89 Å².